The highest BCUT2D eigenvalue weighted by Gasteiger charge is 2.38. The standard InChI is InChI=1S/C25H25N3/c1-18-5-2-9-21(15-18)27-25(17-26)11-13-28(14-12-25)23-16-20-8-3-6-19-7-4-10-22(23)24(19)20/h2-10,15,23,27H,11-14,16H2,1H3. The summed E-state index contributed by atoms with van der Waals surface area (Å²) in [5.74, 6) is 0. The molecule has 5 rings (SSSR count). The lowest BCUT2D eigenvalue weighted by Crippen LogP contribution is -2.49. The number of anilines is 1. The van der Waals surface area contributed by atoms with Crippen LogP contribution in [0.25, 0.3) is 10.8 Å². The first-order chi connectivity index (χ1) is 13.7. The SMILES string of the molecule is Cc1cccc(NC2(C#N)CCN(C3Cc4cccc5cccc3c45)CC2)c1. The molecule has 3 aromatic carbocycles. The molecule has 1 atom stereocenters. The zero-order chi connectivity index (χ0) is 19.1. The molecule has 0 amide bonds. The van der Waals surface area contributed by atoms with Gasteiger partial charge in [0.2, 0.25) is 0 Å². The van der Waals surface area contributed by atoms with Crippen molar-refractivity contribution in [3.05, 3.63) is 77.4 Å². The van der Waals surface area contributed by atoms with E-state index in [1.165, 1.54) is 27.5 Å². The second kappa shape index (κ2) is 6.65. The Hall–Kier alpha value is -2.83. The maximum atomic E-state index is 9.96. The van der Waals surface area contributed by atoms with Crippen LogP contribution in [0.1, 0.15) is 35.6 Å². The molecule has 0 aromatic heterocycles. The number of aryl methyl sites for hydroxylation is 1. The molecule has 1 saturated heterocycles. The Morgan fingerprint density at radius 2 is 1.79 bits per heavy atom. The molecule has 140 valence electrons. The molecule has 0 bridgehead atoms. The molecule has 0 saturated carbocycles. The molecule has 3 aromatic rings. The van der Waals surface area contributed by atoms with Crippen molar-refractivity contribution in [2.75, 3.05) is 18.4 Å². The van der Waals surface area contributed by atoms with E-state index in [0.29, 0.717) is 6.04 Å². The Bertz CT molecular complexity index is 1070. The first-order valence-corrected chi connectivity index (χ1v) is 10.2. The fraction of sp³-hybridized carbons (Fsp3) is 0.320. The van der Waals surface area contributed by atoms with Gasteiger partial charge >= 0.3 is 0 Å². The summed E-state index contributed by atoms with van der Waals surface area (Å²) in [6, 6.07) is 24.7. The third kappa shape index (κ3) is 2.85. The zero-order valence-electron chi connectivity index (χ0n) is 16.3. The van der Waals surface area contributed by atoms with E-state index >= 15 is 0 Å². The minimum atomic E-state index is -0.470. The van der Waals surface area contributed by atoms with E-state index in [1.54, 1.807) is 0 Å². The number of benzene rings is 3. The highest BCUT2D eigenvalue weighted by molar-refractivity contribution is 5.91. The van der Waals surface area contributed by atoms with Gasteiger partial charge in [0, 0.05) is 24.8 Å². The lowest BCUT2D eigenvalue weighted by molar-refractivity contribution is 0.144. The summed E-state index contributed by atoms with van der Waals surface area (Å²) in [5, 5.41) is 16.3. The summed E-state index contributed by atoms with van der Waals surface area (Å²) in [7, 11) is 0. The fourth-order valence-corrected chi connectivity index (χ4v) is 5.02. The van der Waals surface area contributed by atoms with Crippen LogP contribution < -0.4 is 5.32 Å². The quantitative estimate of drug-likeness (QED) is 0.690. The highest BCUT2D eigenvalue weighted by atomic mass is 15.2. The van der Waals surface area contributed by atoms with Gasteiger partial charge in [0.1, 0.15) is 5.54 Å². The van der Waals surface area contributed by atoms with Crippen molar-refractivity contribution in [1.82, 2.24) is 4.90 Å². The van der Waals surface area contributed by atoms with Gasteiger partial charge in [0.15, 0.2) is 0 Å². The van der Waals surface area contributed by atoms with Crippen LogP contribution in [0.2, 0.25) is 0 Å². The van der Waals surface area contributed by atoms with Crippen LogP contribution in [0.5, 0.6) is 0 Å². The van der Waals surface area contributed by atoms with E-state index in [2.05, 4.69) is 77.8 Å². The van der Waals surface area contributed by atoms with Crippen LogP contribution >= 0.6 is 0 Å². The topological polar surface area (TPSA) is 39.1 Å². The van der Waals surface area contributed by atoms with Gasteiger partial charge in [0.05, 0.1) is 6.07 Å². The van der Waals surface area contributed by atoms with Crippen molar-refractivity contribution in [2.45, 2.75) is 37.8 Å². The average Bonchev–Trinajstić information content (AvgIpc) is 3.10. The second-order valence-corrected chi connectivity index (χ2v) is 8.31. The van der Waals surface area contributed by atoms with Crippen molar-refractivity contribution in [3.63, 3.8) is 0 Å². The zero-order valence-corrected chi connectivity index (χ0v) is 16.3. The minimum absolute atomic E-state index is 0.441. The Labute approximate surface area is 166 Å². The Morgan fingerprint density at radius 1 is 1.04 bits per heavy atom. The molecule has 3 heteroatoms. The molecule has 1 fully saturated rings. The summed E-state index contributed by atoms with van der Waals surface area (Å²) < 4.78 is 0. The Kier molecular flexibility index (Phi) is 4.10. The molecular formula is C25H25N3. The molecule has 28 heavy (non-hydrogen) atoms. The van der Waals surface area contributed by atoms with Gasteiger partial charge < -0.3 is 5.32 Å². The smallest absolute Gasteiger partial charge is 0.127 e. The molecule has 1 aliphatic carbocycles. The van der Waals surface area contributed by atoms with Crippen LogP contribution in [-0.2, 0) is 6.42 Å². The summed E-state index contributed by atoms with van der Waals surface area (Å²) in [6.45, 7) is 3.98. The maximum Gasteiger partial charge on any atom is 0.127 e. The third-order valence-corrected chi connectivity index (χ3v) is 6.50. The average molecular weight is 367 g/mol. The number of nitriles is 1. The van der Waals surface area contributed by atoms with Crippen molar-refractivity contribution in [3.8, 4) is 6.07 Å². The van der Waals surface area contributed by atoms with E-state index < -0.39 is 5.54 Å². The summed E-state index contributed by atoms with van der Waals surface area (Å²) in [5.41, 5.74) is 4.72. The fourth-order valence-electron chi connectivity index (χ4n) is 5.02. The van der Waals surface area contributed by atoms with Crippen molar-refractivity contribution in [2.24, 2.45) is 0 Å². The van der Waals surface area contributed by atoms with Gasteiger partial charge in [-0.3, -0.25) is 4.90 Å². The number of rotatable bonds is 3. The van der Waals surface area contributed by atoms with Crippen molar-refractivity contribution >= 4 is 16.5 Å². The van der Waals surface area contributed by atoms with Crippen LogP contribution in [0, 0.1) is 18.3 Å². The van der Waals surface area contributed by atoms with E-state index in [-0.39, 0.29) is 0 Å². The molecular weight excluding hydrogens is 342 g/mol. The van der Waals surface area contributed by atoms with Gasteiger partial charge in [-0.05, 0) is 65.8 Å². The Balaban J connectivity index is 1.35. The predicted molar refractivity (Wildman–Crippen MR) is 114 cm³/mol. The van der Waals surface area contributed by atoms with Gasteiger partial charge in [-0.2, -0.15) is 5.26 Å². The van der Waals surface area contributed by atoms with E-state index in [1.807, 2.05) is 6.07 Å². The largest absolute Gasteiger partial charge is 0.367 e. The number of hydrogen-bond donors (Lipinski definition) is 1. The third-order valence-electron chi connectivity index (χ3n) is 6.50. The number of hydrogen-bond acceptors (Lipinski definition) is 3. The van der Waals surface area contributed by atoms with Crippen LogP contribution in [0.15, 0.2) is 60.7 Å². The van der Waals surface area contributed by atoms with Gasteiger partial charge in [-0.15, -0.1) is 0 Å². The molecule has 1 heterocycles. The van der Waals surface area contributed by atoms with Crippen LogP contribution in [-0.4, -0.2) is 23.5 Å². The molecule has 0 spiro atoms. The molecule has 0 radical (unpaired) electrons. The molecule has 2 aliphatic rings. The first-order valence-electron chi connectivity index (χ1n) is 10.2. The van der Waals surface area contributed by atoms with Crippen LogP contribution in [0.3, 0.4) is 0 Å². The predicted octanol–water partition coefficient (Wildman–Crippen LogP) is 5.22. The van der Waals surface area contributed by atoms with Crippen molar-refractivity contribution in [1.29, 1.82) is 5.26 Å². The number of nitrogens with one attached hydrogen (secondary N) is 1. The Morgan fingerprint density at radius 3 is 2.54 bits per heavy atom. The normalized spacial score (nSPS) is 20.8. The van der Waals surface area contributed by atoms with E-state index in [4.69, 9.17) is 0 Å². The highest BCUT2D eigenvalue weighted by Crippen LogP contribution is 2.42. The monoisotopic (exact) mass is 367 g/mol. The molecule has 3 nitrogen and oxygen atoms in total. The molecule has 1 aliphatic heterocycles. The minimum Gasteiger partial charge on any atom is -0.367 e. The number of nitrogens with zero attached hydrogens (tertiary/aromatic N) is 2. The van der Waals surface area contributed by atoms with E-state index in [0.717, 1.165) is 38.0 Å². The molecule has 1 N–H and O–H groups in total. The van der Waals surface area contributed by atoms with Gasteiger partial charge in [-0.25, -0.2) is 0 Å². The van der Waals surface area contributed by atoms with Gasteiger partial charge in [-0.1, -0.05) is 48.5 Å². The van der Waals surface area contributed by atoms with Crippen molar-refractivity contribution < 1.29 is 0 Å². The number of likely N-dealkylation sites (tertiary alicyclic amines) is 1. The summed E-state index contributed by atoms with van der Waals surface area (Å²) in [6.07, 6.45) is 2.78. The first kappa shape index (κ1) is 17.3. The van der Waals surface area contributed by atoms with Crippen LogP contribution in [0.4, 0.5) is 5.69 Å². The maximum absolute atomic E-state index is 9.96. The lowest BCUT2D eigenvalue weighted by atomic mass is 9.87. The summed E-state index contributed by atoms with van der Waals surface area (Å²) >= 11 is 0. The number of piperidine rings is 1. The molecule has 1 unspecified atom stereocenters. The second-order valence-electron chi connectivity index (χ2n) is 8.31. The van der Waals surface area contributed by atoms with Gasteiger partial charge in [0.25, 0.3) is 0 Å². The summed E-state index contributed by atoms with van der Waals surface area (Å²) in [4.78, 5) is 2.59. The lowest BCUT2D eigenvalue weighted by Gasteiger charge is -2.41. The van der Waals surface area contributed by atoms with E-state index in [9.17, 15) is 5.26 Å².